The van der Waals surface area contributed by atoms with Gasteiger partial charge in [0.05, 0.1) is 23.5 Å². The van der Waals surface area contributed by atoms with Crippen LogP contribution >= 0.6 is 0 Å². The molecule has 0 radical (unpaired) electrons. The van der Waals surface area contributed by atoms with E-state index in [9.17, 15) is 18.0 Å². The fourth-order valence-corrected chi connectivity index (χ4v) is 2.59. The Hall–Kier alpha value is -2.51. The number of hydrogen-bond donors (Lipinski definition) is 2. The molecule has 1 aromatic heterocycles. The van der Waals surface area contributed by atoms with E-state index in [0.29, 0.717) is 17.8 Å². The molecule has 1 heterocycles. The molecule has 0 aliphatic heterocycles. The van der Waals surface area contributed by atoms with E-state index in [1.54, 1.807) is 16.9 Å². The van der Waals surface area contributed by atoms with Crippen molar-refractivity contribution in [3.8, 4) is 0 Å². The topological polar surface area (TPSA) is 59.0 Å². The van der Waals surface area contributed by atoms with E-state index in [1.807, 2.05) is 27.7 Å². The third-order valence-electron chi connectivity index (χ3n) is 3.90. The normalized spacial score (nSPS) is 13.3. The van der Waals surface area contributed by atoms with E-state index in [-0.39, 0.29) is 0 Å². The second kappa shape index (κ2) is 7.39. The Morgan fingerprint density at radius 2 is 1.96 bits per heavy atom. The molecule has 1 aromatic carbocycles. The summed E-state index contributed by atoms with van der Waals surface area (Å²) < 4.78 is 40.7. The van der Waals surface area contributed by atoms with E-state index in [1.165, 1.54) is 12.3 Å². The van der Waals surface area contributed by atoms with Gasteiger partial charge in [-0.2, -0.15) is 18.3 Å². The number of alkyl halides is 3. The van der Waals surface area contributed by atoms with Crippen LogP contribution in [0.3, 0.4) is 0 Å². The summed E-state index contributed by atoms with van der Waals surface area (Å²) in [4.78, 5) is 12.3. The van der Waals surface area contributed by atoms with Crippen molar-refractivity contribution in [2.24, 2.45) is 5.41 Å². The first-order chi connectivity index (χ1) is 12.0. The first-order valence-corrected chi connectivity index (χ1v) is 8.28. The lowest BCUT2D eigenvalue weighted by Gasteiger charge is -2.32. The second-order valence-electron chi connectivity index (χ2n) is 7.11. The van der Waals surface area contributed by atoms with Gasteiger partial charge in [0, 0.05) is 12.7 Å². The van der Waals surface area contributed by atoms with Crippen LogP contribution in [0.15, 0.2) is 36.7 Å². The first-order valence-electron chi connectivity index (χ1n) is 8.28. The highest BCUT2D eigenvalue weighted by Crippen LogP contribution is 2.36. The van der Waals surface area contributed by atoms with Gasteiger partial charge >= 0.3 is 12.2 Å². The Bertz CT molecular complexity index is 762. The summed E-state index contributed by atoms with van der Waals surface area (Å²) in [5.41, 5.74) is -0.321. The number of halogens is 3. The second-order valence-corrected chi connectivity index (χ2v) is 7.11. The minimum Gasteiger partial charge on any atom is -0.331 e. The van der Waals surface area contributed by atoms with Crippen molar-refractivity contribution in [2.75, 3.05) is 5.32 Å². The lowest BCUT2D eigenvalue weighted by molar-refractivity contribution is -0.137. The van der Waals surface area contributed by atoms with Crippen molar-refractivity contribution < 1.29 is 18.0 Å². The molecule has 1 atom stereocenters. The number of aromatic nitrogens is 2. The van der Waals surface area contributed by atoms with Gasteiger partial charge in [0.2, 0.25) is 0 Å². The summed E-state index contributed by atoms with van der Waals surface area (Å²) in [5, 5.41) is 9.49. The quantitative estimate of drug-likeness (QED) is 0.812. The molecule has 26 heavy (non-hydrogen) atoms. The maximum atomic E-state index is 13.0. The minimum atomic E-state index is -4.44. The highest BCUT2D eigenvalue weighted by molar-refractivity contribution is 5.89. The fourth-order valence-electron chi connectivity index (χ4n) is 2.59. The maximum absolute atomic E-state index is 13.0. The average molecular weight is 368 g/mol. The van der Waals surface area contributed by atoms with Gasteiger partial charge < -0.3 is 10.6 Å². The molecule has 1 unspecified atom stereocenters. The van der Waals surface area contributed by atoms with Crippen LogP contribution < -0.4 is 10.6 Å². The minimum absolute atomic E-state index is 0.395. The van der Waals surface area contributed by atoms with E-state index in [2.05, 4.69) is 15.7 Å². The van der Waals surface area contributed by atoms with Gasteiger partial charge in [-0.15, -0.1) is 0 Å². The number of benzene rings is 1. The molecule has 2 amide bonds. The van der Waals surface area contributed by atoms with Gasteiger partial charge in [-0.05, 0) is 30.0 Å². The van der Waals surface area contributed by atoms with Gasteiger partial charge in [-0.1, -0.05) is 32.9 Å². The van der Waals surface area contributed by atoms with Crippen LogP contribution in [-0.2, 0) is 12.7 Å². The smallest absolute Gasteiger partial charge is 0.331 e. The Balaban J connectivity index is 2.21. The fraction of sp³-hybridized carbons (Fsp3) is 0.444. The molecule has 0 saturated heterocycles. The van der Waals surface area contributed by atoms with E-state index >= 15 is 0 Å². The Kier molecular flexibility index (Phi) is 5.63. The highest BCUT2D eigenvalue weighted by Gasteiger charge is 2.33. The van der Waals surface area contributed by atoms with Gasteiger partial charge in [0.1, 0.15) is 0 Å². The van der Waals surface area contributed by atoms with E-state index in [0.717, 1.165) is 12.1 Å². The van der Waals surface area contributed by atoms with Crippen LogP contribution in [0.2, 0.25) is 0 Å². The number of nitrogens with one attached hydrogen (secondary N) is 2. The number of carbonyl (C=O) groups is 1. The number of hydrogen-bond acceptors (Lipinski definition) is 2. The van der Waals surface area contributed by atoms with Gasteiger partial charge in [-0.25, -0.2) is 4.79 Å². The third-order valence-corrected chi connectivity index (χ3v) is 3.90. The molecule has 5 nitrogen and oxygen atoms in total. The monoisotopic (exact) mass is 368 g/mol. The molecule has 0 fully saturated rings. The lowest BCUT2D eigenvalue weighted by Crippen LogP contribution is -2.39. The SMILES string of the molecule is CCn1cc(NC(=O)NC(c2cccc(C(F)(F)F)c2)C(C)(C)C)cn1. The largest absolute Gasteiger partial charge is 0.416 e. The predicted octanol–water partition coefficient (Wildman–Crippen LogP) is 4.83. The molecule has 0 spiro atoms. The molecule has 2 aromatic rings. The van der Waals surface area contributed by atoms with E-state index < -0.39 is 29.2 Å². The summed E-state index contributed by atoms with van der Waals surface area (Å²) in [7, 11) is 0. The van der Waals surface area contributed by atoms with Crippen LogP contribution in [0.4, 0.5) is 23.7 Å². The molecular formula is C18H23F3N4O. The molecule has 0 aliphatic rings. The lowest BCUT2D eigenvalue weighted by atomic mass is 9.82. The molecule has 2 rings (SSSR count). The average Bonchev–Trinajstić information content (AvgIpc) is 2.98. The zero-order valence-corrected chi connectivity index (χ0v) is 15.2. The number of nitrogens with zero attached hydrogens (tertiary/aromatic N) is 2. The number of aryl methyl sites for hydroxylation is 1. The molecule has 0 bridgehead atoms. The number of amides is 2. The van der Waals surface area contributed by atoms with Gasteiger partial charge in [0.25, 0.3) is 0 Å². The van der Waals surface area contributed by atoms with Crippen molar-refractivity contribution in [3.63, 3.8) is 0 Å². The maximum Gasteiger partial charge on any atom is 0.416 e. The third kappa shape index (κ3) is 5.00. The van der Waals surface area contributed by atoms with Crippen molar-refractivity contribution >= 4 is 11.7 Å². The Labute approximate surface area is 150 Å². The van der Waals surface area contributed by atoms with Crippen molar-refractivity contribution in [1.82, 2.24) is 15.1 Å². The van der Waals surface area contributed by atoms with Crippen LogP contribution in [0.1, 0.15) is 44.9 Å². The van der Waals surface area contributed by atoms with Crippen molar-refractivity contribution in [3.05, 3.63) is 47.8 Å². The highest BCUT2D eigenvalue weighted by atomic mass is 19.4. The van der Waals surface area contributed by atoms with Gasteiger partial charge in [0.15, 0.2) is 0 Å². The summed E-state index contributed by atoms with van der Waals surface area (Å²) in [6, 6.07) is 3.92. The van der Waals surface area contributed by atoms with Crippen LogP contribution in [0, 0.1) is 5.41 Å². The molecule has 142 valence electrons. The number of carbonyl (C=O) groups excluding carboxylic acids is 1. The molecular weight excluding hydrogens is 345 g/mol. The number of rotatable bonds is 4. The van der Waals surface area contributed by atoms with Crippen LogP contribution in [0.25, 0.3) is 0 Å². The van der Waals surface area contributed by atoms with Crippen molar-refractivity contribution in [1.29, 1.82) is 0 Å². The van der Waals surface area contributed by atoms with Crippen LogP contribution in [0.5, 0.6) is 0 Å². The zero-order chi connectivity index (χ0) is 19.5. The predicted molar refractivity (Wildman–Crippen MR) is 93.7 cm³/mol. The standard InChI is InChI=1S/C18H23F3N4O/c1-5-25-11-14(10-22-25)23-16(26)24-15(17(2,3)4)12-7-6-8-13(9-12)18(19,20)21/h6-11,15H,5H2,1-4H3,(H2,23,24,26). The number of urea groups is 1. The van der Waals surface area contributed by atoms with Gasteiger partial charge in [-0.3, -0.25) is 4.68 Å². The summed E-state index contributed by atoms with van der Waals surface area (Å²) in [6.07, 6.45) is -1.25. The zero-order valence-electron chi connectivity index (χ0n) is 15.2. The molecule has 2 N–H and O–H groups in total. The first kappa shape index (κ1) is 19.8. The summed E-state index contributed by atoms with van der Waals surface area (Å²) in [6.45, 7) is 8.15. The summed E-state index contributed by atoms with van der Waals surface area (Å²) >= 11 is 0. The Morgan fingerprint density at radius 1 is 1.27 bits per heavy atom. The van der Waals surface area contributed by atoms with E-state index in [4.69, 9.17) is 0 Å². The van der Waals surface area contributed by atoms with Crippen LogP contribution in [-0.4, -0.2) is 15.8 Å². The summed E-state index contributed by atoms with van der Waals surface area (Å²) in [5.74, 6) is 0. The number of anilines is 1. The molecule has 0 saturated carbocycles. The Morgan fingerprint density at radius 3 is 2.50 bits per heavy atom. The molecule has 0 aliphatic carbocycles. The molecule has 8 heteroatoms. The van der Waals surface area contributed by atoms with Crippen molar-refractivity contribution in [2.45, 2.75) is 46.5 Å².